The number of nitrogens with one attached hydrogen (secondary N) is 1. The van der Waals surface area contributed by atoms with Crippen molar-refractivity contribution >= 4 is 23.6 Å². The van der Waals surface area contributed by atoms with Crippen LogP contribution in [0.25, 0.3) is 6.08 Å². The Labute approximate surface area is 119 Å². The third-order valence-electron chi connectivity index (χ3n) is 2.57. The summed E-state index contributed by atoms with van der Waals surface area (Å²) in [6.45, 7) is 0. The van der Waals surface area contributed by atoms with E-state index in [1.165, 1.54) is 36.7 Å². The SMILES string of the molecule is O=C(C=Cc1ccccc1F)Nc1cncc(C(=O)O)c1. The maximum Gasteiger partial charge on any atom is 0.337 e. The van der Waals surface area contributed by atoms with Crippen molar-refractivity contribution in [3.05, 3.63) is 65.7 Å². The summed E-state index contributed by atoms with van der Waals surface area (Å²) in [7, 11) is 0. The van der Waals surface area contributed by atoms with Crippen LogP contribution in [0, 0.1) is 5.82 Å². The summed E-state index contributed by atoms with van der Waals surface area (Å²) in [6, 6.07) is 7.31. The zero-order valence-corrected chi connectivity index (χ0v) is 10.8. The van der Waals surface area contributed by atoms with Gasteiger partial charge in [-0.25, -0.2) is 9.18 Å². The fourth-order valence-electron chi connectivity index (χ4n) is 1.58. The van der Waals surface area contributed by atoms with Crippen LogP contribution in [-0.2, 0) is 4.79 Å². The monoisotopic (exact) mass is 286 g/mol. The van der Waals surface area contributed by atoms with Gasteiger partial charge >= 0.3 is 5.97 Å². The van der Waals surface area contributed by atoms with Crippen LogP contribution in [0.1, 0.15) is 15.9 Å². The minimum atomic E-state index is -1.14. The van der Waals surface area contributed by atoms with Gasteiger partial charge in [0.05, 0.1) is 17.4 Å². The minimum Gasteiger partial charge on any atom is -0.478 e. The molecule has 2 aromatic rings. The van der Waals surface area contributed by atoms with Crippen molar-refractivity contribution in [3.63, 3.8) is 0 Å². The average Bonchev–Trinajstić information content (AvgIpc) is 2.46. The molecule has 106 valence electrons. The number of hydrogen-bond acceptors (Lipinski definition) is 3. The van der Waals surface area contributed by atoms with E-state index in [1.54, 1.807) is 12.1 Å². The number of rotatable bonds is 4. The Bertz CT molecular complexity index is 714. The third kappa shape index (κ3) is 3.97. The van der Waals surface area contributed by atoms with Gasteiger partial charge in [-0.05, 0) is 18.2 Å². The standard InChI is InChI=1S/C15H11FN2O3/c16-13-4-2-1-3-10(13)5-6-14(19)18-12-7-11(15(20)21)8-17-9-12/h1-9H,(H,18,19)(H,20,21). The highest BCUT2D eigenvalue weighted by atomic mass is 19.1. The molecule has 0 atom stereocenters. The molecule has 2 N–H and O–H groups in total. The van der Waals surface area contributed by atoms with E-state index in [2.05, 4.69) is 10.3 Å². The molecule has 0 aliphatic heterocycles. The van der Waals surface area contributed by atoms with E-state index in [9.17, 15) is 14.0 Å². The minimum absolute atomic E-state index is 0.0362. The molecule has 1 heterocycles. The predicted molar refractivity (Wildman–Crippen MR) is 75.3 cm³/mol. The Kier molecular flexibility index (Phi) is 4.40. The first-order valence-corrected chi connectivity index (χ1v) is 5.98. The number of nitrogens with zero attached hydrogens (tertiary/aromatic N) is 1. The van der Waals surface area contributed by atoms with Gasteiger partial charge in [0, 0.05) is 17.8 Å². The van der Waals surface area contributed by atoms with E-state index < -0.39 is 17.7 Å². The lowest BCUT2D eigenvalue weighted by Crippen LogP contribution is -2.09. The van der Waals surface area contributed by atoms with Crippen LogP contribution in [0.15, 0.2) is 48.8 Å². The second-order valence-electron chi connectivity index (χ2n) is 4.11. The van der Waals surface area contributed by atoms with Gasteiger partial charge in [-0.2, -0.15) is 0 Å². The Morgan fingerprint density at radius 2 is 2.00 bits per heavy atom. The lowest BCUT2D eigenvalue weighted by molar-refractivity contribution is -0.111. The van der Waals surface area contributed by atoms with Gasteiger partial charge in [-0.3, -0.25) is 9.78 Å². The fourth-order valence-corrected chi connectivity index (χ4v) is 1.58. The summed E-state index contributed by atoms with van der Waals surface area (Å²) >= 11 is 0. The van der Waals surface area contributed by atoms with Crippen LogP contribution in [0.4, 0.5) is 10.1 Å². The van der Waals surface area contributed by atoms with Gasteiger partial charge in [0.25, 0.3) is 0 Å². The van der Waals surface area contributed by atoms with E-state index in [0.717, 1.165) is 6.08 Å². The first kappa shape index (κ1) is 14.4. The highest BCUT2D eigenvalue weighted by Crippen LogP contribution is 2.10. The summed E-state index contributed by atoms with van der Waals surface area (Å²) in [6.07, 6.45) is 4.99. The molecular weight excluding hydrogens is 275 g/mol. The number of halogens is 1. The van der Waals surface area contributed by atoms with Gasteiger partial charge in [-0.15, -0.1) is 0 Å². The number of carboxylic acid groups (broad SMARTS) is 1. The molecule has 1 aromatic heterocycles. The maximum absolute atomic E-state index is 13.4. The second-order valence-corrected chi connectivity index (χ2v) is 4.11. The molecule has 1 aromatic carbocycles. The average molecular weight is 286 g/mol. The number of carbonyl (C=O) groups is 2. The van der Waals surface area contributed by atoms with Crippen LogP contribution in [0.5, 0.6) is 0 Å². The van der Waals surface area contributed by atoms with E-state index >= 15 is 0 Å². The Balaban J connectivity index is 2.07. The van der Waals surface area contributed by atoms with E-state index in [0.29, 0.717) is 0 Å². The molecule has 0 radical (unpaired) electrons. The molecule has 0 saturated carbocycles. The first-order valence-electron chi connectivity index (χ1n) is 5.98. The number of carbonyl (C=O) groups excluding carboxylic acids is 1. The fraction of sp³-hybridized carbons (Fsp3) is 0. The summed E-state index contributed by atoms with van der Waals surface area (Å²) < 4.78 is 13.4. The number of carboxylic acids is 1. The first-order chi connectivity index (χ1) is 10.1. The summed E-state index contributed by atoms with van der Waals surface area (Å²) in [4.78, 5) is 26.2. The largest absolute Gasteiger partial charge is 0.478 e. The Morgan fingerprint density at radius 3 is 2.71 bits per heavy atom. The van der Waals surface area contributed by atoms with Gasteiger partial charge in [-0.1, -0.05) is 18.2 Å². The zero-order valence-electron chi connectivity index (χ0n) is 10.8. The molecule has 2 rings (SSSR count). The summed E-state index contributed by atoms with van der Waals surface area (Å²) in [5, 5.41) is 11.3. The van der Waals surface area contributed by atoms with Crippen molar-refractivity contribution < 1.29 is 19.1 Å². The number of aromatic carboxylic acids is 1. The highest BCUT2D eigenvalue weighted by Gasteiger charge is 2.05. The van der Waals surface area contributed by atoms with Crippen LogP contribution >= 0.6 is 0 Å². The van der Waals surface area contributed by atoms with Crippen molar-refractivity contribution in [1.82, 2.24) is 4.98 Å². The molecule has 5 nitrogen and oxygen atoms in total. The molecular formula is C15H11FN2O3. The van der Waals surface area contributed by atoms with Crippen LogP contribution in [0.3, 0.4) is 0 Å². The van der Waals surface area contributed by atoms with Crippen molar-refractivity contribution in [2.75, 3.05) is 5.32 Å². The number of anilines is 1. The maximum atomic E-state index is 13.4. The molecule has 0 spiro atoms. The van der Waals surface area contributed by atoms with Crippen LogP contribution in [0.2, 0.25) is 0 Å². The molecule has 0 saturated heterocycles. The lowest BCUT2D eigenvalue weighted by atomic mass is 10.2. The van der Waals surface area contributed by atoms with Gasteiger partial charge in [0.15, 0.2) is 0 Å². The highest BCUT2D eigenvalue weighted by molar-refractivity contribution is 6.02. The number of hydrogen-bond donors (Lipinski definition) is 2. The normalized spacial score (nSPS) is 10.5. The number of amides is 1. The summed E-state index contributed by atoms with van der Waals surface area (Å²) in [5.41, 5.74) is 0.494. The number of benzene rings is 1. The van der Waals surface area contributed by atoms with Crippen molar-refractivity contribution in [2.45, 2.75) is 0 Å². The van der Waals surface area contributed by atoms with Gasteiger partial charge < -0.3 is 10.4 Å². The molecule has 0 aliphatic carbocycles. The van der Waals surface area contributed by atoms with E-state index in [-0.39, 0.29) is 16.8 Å². The number of pyridine rings is 1. The topological polar surface area (TPSA) is 79.3 Å². The lowest BCUT2D eigenvalue weighted by Gasteiger charge is -2.02. The molecule has 1 amide bonds. The van der Waals surface area contributed by atoms with Crippen molar-refractivity contribution in [1.29, 1.82) is 0 Å². The van der Waals surface area contributed by atoms with E-state index in [4.69, 9.17) is 5.11 Å². The predicted octanol–water partition coefficient (Wildman–Crippen LogP) is 2.57. The number of aromatic nitrogens is 1. The van der Waals surface area contributed by atoms with E-state index in [1.807, 2.05) is 0 Å². The Morgan fingerprint density at radius 1 is 1.24 bits per heavy atom. The zero-order chi connectivity index (χ0) is 15.2. The Hall–Kier alpha value is -3.02. The molecule has 0 bridgehead atoms. The molecule has 0 aliphatic rings. The summed E-state index contributed by atoms with van der Waals surface area (Å²) in [5.74, 6) is -2.08. The third-order valence-corrected chi connectivity index (χ3v) is 2.57. The smallest absolute Gasteiger partial charge is 0.337 e. The molecule has 21 heavy (non-hydrogen) atoms. The second kappa shape index (κ2) is 6.42. The van der Waals surface area contributed by atoms with Gasteiger partial charge in [0.2, 0.25) is 5.91 Å². The van der Waals surface area contributed by atoms with Crippen molar-refractivity contribution in [3.8, 4) is 0 Å². The quantitative estimate of drug-likeness (QED) is 0.847. The van der Waals surface area contributed by atoms with Crippen molar-refractivity contribution in [2.24, 2.45) is 0 Å². The molecule has 6 heteroatoms. The van der Waals surface area contributed by atoms with Crippen LogP contribution in [-0.4, -0.2) is 22.0 Å². The van der Waals surface area contributed by atoms with Gasteiger partial charge in [0.1, 0.15) is 5.82 Å². The molecule has 0 fully saturated rings. The van der Waals surface area contributed by atoms with Crippen LogP contribution < -0.4 is 5.32 Å². The molecule has 0 unspecified atom stereocenters.